The van der Waals surface area contributed by atoms with Gasteiger partial charge in [0.25, 0.3) is 5.91 Å². The zero-order valence-corrected chi connectivity index (χ0v) is 15.8. The number of rotatable bonds is 7. The van der Waals surface area contributed by atoms with E-state index in [-0.39, 0.29) is 23.5 Å². The Hall–Kier alpha value is -2.42. The van der Waals surface area contributed by atoms with Crippen LogP contribution in [0.15, 0.2) is 53.4 Å². The van der Waals surface area contributed by atoms with Crippen molar-refractivity contribution in [3.8, 4) is 5.75 Å². The molecular weight excluding hydrogens is 368 g/mol. The molecular formula is C19H22N2O5S. The molecule has 0 saturated carbocycles. The minimum atomic E-state index is -3.62. The van der Waals surface area contributed by atoms with Crippen LogP contribution in [0, 0.1) is 0 Å². The third-order valence-corrected chi connectivity index (χ3v) is 5.74. The molecule has 1 fully saturated rings. The molecule has 0 aliphatic carbocycles. The van der Waals surface area contributed by atoms with Gasteiger partial charge in [0.2, 0.25) is 10.0 Å². The normalized spacial score (nSPS) is 16.9. The Morgan fingerprint density at radius 2 is 1.93 bits per heavy atom. The predicted octanol–water partition coefficient (Wildman–Crippen LogP) is 2.40. The lowest BCUT2D eigenvalue weighted by atomic mass is 10.2. The van der Waals surface area contributed by atoms with E-state index in [9.17, 15) is 13.2 Å². The van der Waals surface area contributed by atoms with Crippen LogP contribution in [0.1, 0.15) is 23.2 Å². The molecule has 1 atom stereocenters. The van der Waals surface area contributed by atoms with E-state index >= 15 is 0 Å². The molecule has 8 heteroatoms. The summed E-state index contributed by atoms with van der Waals surface area (Å²) in [6.07, 6.45) is 1.74. The molecule has 2 aromatic rings. The first kappa shape index (κ1) is 19.3. The number of hydrogen-bond donors (Lipinski definition) is 2. The van der Waals surface area contributed by atoms with E-state index in [0.29, 0.717) is 23.6 Å². The van der Waals surface area contributed by atoms with Crippen molar-refractivity contribution in [2.24, 2.45) is 0 Å². The first-order valence-electron chi connectivity index (χ1n) is 8.65. The number of para-hydroxylation sites is 1. The Kier molecular flexibility index (Phi) is 6.10. The summed E-state index contributed by atoms with van der Waals surface area (Å²) in [7, 11) is -2.12. The summed E-state index contributed by atoms with van der Waals surface area (Å²) in [5.41, 5.74) is 0.888. The Bertz CT molecular complexity index is 891. The van der Waals surface area contributed by atoms with Gasteiger partial charge in [-0.1, -0.05) is 12.1 Å². The topological polar surface area (TPSA) is 93.7 Å². The Labute approximate surface area is 158 Å². The number of hydrogen-bond acceptors (Lipinski definition) is 5. The van der Waals surface area contributed by atoms with Gasteiger partial charge in [-0.2, -0.15) is 0 Å². The molecule has 1 amide bonds. The average molecular weight is 390 g/mol. The molecule has 1 saturated heterocycles. The predicted molar refractivity (Wildman–Crippen MR) is 102 cm³/mol. The van der Waals surface area contributed by atoms with Crippen molar-refractivity contribution in [1.82, 2.24) is 4.72 Å². The zero-order valence-electron chi connectivity index (χ0n) is 15.0. The molecule has 27 heavy (non-hydrogen) atoms. The van der Waals surface area contributed by atoms with E-state index in [1.54, 1.807) is 36.4 Å². The van der Waals surface area contributed by atoms with Crippen LogP contribution < -0.4 is 14.8 Å². The molecule has 7 nitrogen and oxygen atoms in total. The molecule has 1 aliphatic heterocycles. The van der Waals surface area contributed by atoms with Crippen molar-refractivity contribution >= 4 is 21.6 Å². The van der Waals surface area contributed by atoms with Crippen LogP contribution in [0.2, 0.25) is 0 Å². The van der Waals surface area contributed by atoms with Gasteiger partial charge in [-0.15, -0.1) is 0 Å². The highest BCUT2D eigenvalue weighted by molar-refractivity contribution is 7.89. The van der Waals surface area contributed by atoms with Crippen molar-refractivity contribution in [2.75, 3.05) is 25.6 Å². The van der Waals surface area contributed by atoms with Crippen LogP contribution in [-0.2, 0) is 14.8 Å². The van der Waals surface area contributed by atoms with Crippen molar-refractivity contribution in [2.45, 2.75) is 23.8 Å². The van der Waals surface area contributed by atoms with E-state index < -0.39 is 10.0 Å². The van der Waals surface area contributed by atoms with E-state index in [4.69, 9.17) is 9.47 Å². The number of methoxy groups -OCH3 is 1. The van der Waals surface area contributed by atoms with Gasteiger partial charge in [-0.3, -0.25) is 4.79 Å². The lowest BCUT2D eigenvalue weighted by Crippen LogP contribution is -2.31. The standard InChI is InChI=1S/C19H22N2O5S/c1-25-18-7-3-2-6-17(18)19(22)21-14-8-10-16(11-9-14)27(23,24)20-13-15-5-4-12-26-15/h2-3,6-11,15,20H,4-5,12-13H2,1H3,(H,21,22)/t15-/m1/s1. The maximum atomic E-state index is 12.4. The summed E-state index contributed by atoms with van der Waals surface area (Å²) in [5, 5.41) is 2.73. The third-order valence-electron chi connectivity index (χ3n) is 4.30. The quantitative estimate of drug-likeness (QED) is 0.757. The van der Waals surface area contributed by atoms with E-state index in [1.807, 2.05) is 0 Å². The molecule has 2 N–H and O–H groups in total. The lowest BCUT2D eigenvalue weighted by molar-refractivity contribution is 0.102. The fourth-order valence-electron chi connectivity index (χ4n) is 2.84. The second-order valence-electron chi connectivity index (χ2n) is 6.17. The highest BCUT2D eigenvalue weighted by Crippen LogP contribution is 2.20. The molecule has 0 radical (unpaired) electrons. The number of sulfonamides is 1. The maximum Gasteiger partial charge on any atom is 0.259 e. The molecule has 1 aliphatic rings. The molecule has 144 valence electrons. The summed E-state index contributed by atoms with van der Waals surface area (Å²) in [4.78, 5) is 12.5. The van der Waals surface area contributed by atoms with Crippen LogP contribution in [0.3, 0.4) is 0 Å². The van der Waals surface area contributed by atoms with Crippen molar-refractivity contribution in [3.63, 3.8) is 0 Å². The zero-order chi connectivity index (χ0) is 19.3. The molecule has 0 aromatic heterocycles. The van der Waals surface area contributed by atoms with Crippen LogP contribution in [0.25, 0.3) is 0 Å². The number of carbonyl (C=O) groups is 1. The minimum absolute atomic E-state index is 0.0702. The Morgan fingerprint density at radius 3 is 2.59 bits per heavy atom. The molecule has 2 aromatic carbocycles. The van der Waals surface area contributed by atoms with E-state index in [2.05, 4.69) is 10.0 Å². The minimum Gasteiger partial charge on any atom is -0.496 e. The number of carbonyl (C=O) groups excluding carboxylic acids is 1. The van der Waals surface area contributed by atoms with Gasteiger partial charge in [0.1, 0.15) is 5.75 Å². The lowest BCUT2D eigenvalue weighted by Gasteiger charge is -2.12. The average Bonchev–Trinajstić information content (AvgIpc) is 3.20. The fraction of sp³-hybridized carbons (Fsp3) is 0.316. The van der Waals surface area contributed by atoms with Gasteiger partial charge in [-0.25, -0.2) is 13.1 Å². The second kappa shape index (κ2) is 8.51. The number of ether oxygens (including phenoxy) is 2. The van der Waals surface area contributed by atoms with Gasteiger partial charge >= 0.3 is 0 Å². The largest absolute Gasteiger partial charge is 0.496 e. The van der Waals surface area contributed by atoms with Crippen LogP contribution in [0.4, 0.5) is 5.69 Å². The summed E-state index contributed by atoms with van der Waals surface area (Å²) in [6, 6.07) is 12.9. The number of amides is 1. The first-order chi connectivity index (χ1) is 13.0. The van der Waals surface area contributed by atoms with Gasteiger partial charge < -0.3 is 14.8 Å². The number of benzene rings is 2. The highest BCUT2D eigenvalue weighted by Gasteiger charge is 2.20. The molecule has 1 heterocycles. The molecule has 0 bridgehead atoms. The van der Waals surface area contributed by atoms with Crippen molar-refractivity contribution in [3.05, 3.63) is 54.1 Å². The van der Waals surface area contributed by atoms with E-state index in [1.165, 1.54) is 19.2 Å². The summed E-state index contributed by atoms with van der Waals surface area (Å²) < 4.78 is 37.9. The smallest absolute Gasteiger partial charge is 0.259 e. The van der Waals surface area contributed by atoms with Gasteiger partial charge in [-0.05, 0) is 49.2 Å². The highest BCUT2D eigenvalue weighted by atomic mass is 32.2. The third kappa shape index (κ3) is 4.85. The second-order valence-corrected chi connectivity index (χ2v) is 7.93. The SMILES string of the molecule is COc1ccccc1C(=O)Nc1ccc(S(=O)(=O)NC[C@H]2CCCO2)cc1. The molecule has 0 spiro atoms. The maximum absolute atomic E-state index is 12.4. The van der Waals surface area contributed by atoms with Crippen LogP contribution >= 0.6 is 0 Å². The fourth-order valence-corrected chi connectivity index (χ4v) is 3.91. The first-order valence-corrected chi connectivity index (χ1v) is 10.1. The van der Waals surface area contributed by atoms with Crippen molar-refractivity contribution < 1.29 is 22.7 Å². The van der Waals surface area contributed by atoms with Gasteiger partial charge in [0, 0.05) is 18.8 Å². The Morgan fingerprint density at radius 1 is 1.19 bits per heavy atom. The molecule has 3 rings (SSSR count). The van der Waals surface area contributed by atoms with Crippen molar-refractivity contribution in [1.29, 1.82) is 0 Å². The van der Waals surface area contributed by atoms with Crippen LogP contribution in [0.5, 0.6) is 5.75 Å². The van der Waals surface area contributed by atoms with Gasteiger partial charge in [0.15, 0.2) is 0 Å². The number of anilines is 1. The summed E-state index contributed by atoms with van der Waals surface area (Å²) in [5.74, 6) is 0.132. The van der Waals surface area contributed by atoms with E-state index in [0.717, 1.165) is 12.8 Å². The monoisotopic (exact) mass is 390 g/mol. The Balaban J connectivity index is 1.65. The van der Waals surface area contributed by atoms with Gasteiger partial charge in [0.05, 0.1) is 23.7 Å². The van der Waals surface area contributed by atoms with Crippen LogP contribution in [-0.4, -0.2) is 40.7 Å². The summed E-state index contributed by atoms with van der Waals surface area (Å²) in [6.45, 7) is 0.932. The molecule has 0 unspecified atom stereocenters. The number of nitrogens with one attached hydrogen (secondary N) is 2. The summed E-state index contributed by atoms with van der Waals surface area (Å²) >= 11 is 0.